The van der Waals surface area contributed by atoms with Gasteiger partial charge in [-0.05, 0) is 25.0 Å². The third-order valence-corrected chi connectivity index (χ3v) is 4.36. The number of anilines is 2. The summed E-state index contributed by atoms with van der Waals surface area (Å²) in [4.78, 5) is 29.6. The number of amides is 1. The van der Waals surface area contributed by atoms with Crippen LogP contribution in [0.4, 0.5) is 11.6 Å². The largest absolute Gasteiger partial charge is 0.363 e. The molecule has 1 N–H and O–H groups in total. The Balaban J connectivity index is 1.57. The predicted molar refractivity (Wildman–Crippen MR) is 97.4 cm³/mol. The number of piperidine rings is 1. The fourth-order valence-electron chi connectivity index (χ4n) is 2.99. The van der Waals surface area contributed by atoms with Crippen molar-refractivity contribution in [2.24, 2.45) is 5.92 Å². The van der Waals surface area contributed by atoms with Gasteiger partial charge in [0.05, 0.1) is 24.4 Å². The Hall–Kier alpha value is -2.70. The topological polar surface area (TPSA) is 74.2 Å². The van der Waals surface area contributed by atoms with Crippen molar-refractivity contribution in [2.75, 3.05) is 37.0 Å². The highest BCUT2D eigenvalue weighted by molar-refractivity contribution is 5.79. The molecule has 0 spiro atoms. The number of hydrogen-bond acceptors (Lipinski definition) is 6. The minimum atomic E-state index is -0.0345. The van der Waals surface area contributed by atoms with Crippen molar-refractivity contribution in [3.05, 3.63) is 42.5 Å². The quantitative estimate of drug-likeness (QED) is 0.888. The molecule has 7 heteroatoms. The van der Waals surface area contributed by atoms with Crippen molar-refractivity contribution in [2.45, 2.75) is 19.4 Å². The van der Waals surface area contributed by atoms with E-state index in [9.17, 15) is 4.79 Å². The van der Waals surface area contributed by atoms with Crippen molar-refractivity contribution in [3.63, 3.8) is 0 Å². The van der Waals surface area contributed by atoms with E-state index in [1.54, 1.807) is 18.6 Å². The predicted octanol–water partition coefficient (Wildman–Crippen LogP) is 1.47. The molecule has 7 nitrogen and oxygen atoms in total. The second-order valence-electron chi connectivity index (χ2n) is 6.45. The van der Waals surface area contributed by atoms with Crippen molar-refractivity contribution in [1.29, 1.82) is 0 Å². The van der Waals surface area contributed by atoms with Crippen LogP contribution in [-0.4, -0.2) is 48.0 Å². The lowest BCUT2D eigenvalue weighted by Crippen LogP contribution is -2.43. The third-order valence-electron chi connectivity index (χ3n) is 4.36. The van der Waals surface area contributed by atoms with Crippen LogP contribution in [0.15, 0.2) is 36.8 Å². The first-order chi connectivity index (χ1) is 12.1. The van der Waals surface area contributed by atoms with Gasteiger partial charge in [-0.25, -0.2) is 9.97 Å². The number of nitrogens with zero attached hydrogens (tertiary/aromatic N) is 5. The first kappa shape index (κ1) is 17.1. The minimum absolute atomic E-state index is 0.0345. The van der Waals surface area contributed by atoms with Crippen LogP contribution in [0.1, 0.15) is 18.5 Å². The van der Waals surface area contributed by atoms with Gasteiger partial charge in [-0.1, -0.05) is 6.07 Å². The molecule has 1 aliphatic heterocycles. The van der Waals surface area contributed by atoms with Gasteiger partial charge in [-0.3, -0.25) is 9.78 Å². The lowest BCUT2D eigenvalue weighted by atomic mass is 9.97. The van der Waals surface area contributed by atoms with Gasteiger partial charge in [-0.15, -0.1) is 0 Å². The fraction of sp³-hybridized carbons (Fsp3) is 0.444. The summed E-state index contributed by atoms with van der Waals surface area (Å²) >= 11 is 0. The van der Waals surface area contributed by atoms with E-state index < -0.39 is 0 Å². The molecule has 0 bridgehead atoms. The van der Waals surface area contributed by atoms with E-state index in [0.29, 0.717) is 13.1 Å². The van der Waals surface area contributed by atoms with Gasteiger partial charge >= 0.3 is 0 Å². The van der Waals surface area contributed by atoms with Gasteiger partial charge in [0.2, 0.25) is 5.91 Å². The summed E-state index contributed by atoms with van der Waals surface area (Å²) < 4.78 is 0. The summed E-state index contributed by atoms with van der Waals surface area (Å²) in [6, 6.07) is 5.84. The highest BCUT2D eigenvalue weighted by Crippen LogP contribution is 2.21. The lowest BCUT2D eigenvalue weighted by Gasteiger charge is -2.32. The molecule has 2 aromatic heterocycles. The molecular weight excluding hydrogens is 316 g/mol. The SMILES string of the molecule is CN(C)c1cccc(CNC(=O)C2CCCN(c3cnccn3)C2)n1. The average Bonchev–Trinajstić information content (AvgIpc) is 2.67. The molecule has 3 rings (SSSR count). The van der Waals surface area contributed by atoms with Gasteiger partial charge in [0.1, 0.15) is 11.6 Å². The Morgan fingerprint density at radius 1 is 1.36 bits per heavy atom. The van der Waals surface area contributed by atoms with E-state index in [1.165, 1.54) is 0 Å². The molecule has 1 atom stereocenters. The summed E-state index contributed by atoms with van der Waals surface area (Å²) in [5.41, 5.74) is 0.862. The van der Waals surface area contributed by atoms with Crippen molar-refractivity contribution in [3.8, 4) is 0 Å². The summed E-state index contributed by atoms with van der Waals surface area (Å²) in [6.45, 7) is 2.03. The number of aromatic nitrogens is 3. The fourth-order valence-corrected chi connectivity index (χ4v) is 2.99. The average molecular weight is 340 g/mol. The maximum Gasteiger partial charge on any atom is 0.225 e. The van der Waals surface area contributed by atoms with E-state index in [1.807, 2.05) is 37.2 Å². The van der Waals surface area contributed by atoms with Gasteiger partial charge in [0, 0.05) is 39.6 Å². The Bertz CT molecular complexity index is 706. The first-order valence-electron chi connectivity index (χ1n) is 8.55. The second kappa shape index (κ2) is 7.92. The van der Waals surface area contributed by atoms with E-state index in [2.05, 4.69) is 25.2 Å². The van der Waals surface area contributed by atoms with Gasteiger partial charge in [0.25, 0.3) is 0 Å². The van der Waals surface area contributed by atoms with Crippen molar-refractivity contribution in [1.82, 2.24) is 20.3 Å². The van der Waals surface area contributed by atoms with Gasteiger partial charge < -0.3 is 15.1 Å². The molecule has 0 radical (unpaired) electrons. The second-order valence-corrected chi connectivity index (χ2v) is 6.45. The molecule has 3 heterocycles. The van der Waals surface area contributed by atoms with Gasteiger partial charge in [-0.2, -0.15) is 0 Å². The number of carbonyl (C=O) groups excluding carboxylic acids is 1. The van der Waals surface area contributed by atoms with Gasteiger partial charge in [0.15, 0.2) is 0 Å². The Morgan fingerprint density at radius 2 is 2.24 bits per heavy atom. The summed E-state index contributed by atoms with van der Waals surface area (Å²) in [5.74, 6) is 1.76. The standard InChI is InChI=1S/C18H24N6O/c1-23(2)16-7-3-6-15(22-16)11-21-18(25)14-5-4-10-24(13-14)17-12-19-8-9-20-17/h3,6-9,12,14H,4-5,10-11,13H2,1-2H3,(H,21,25). The van der Waals surface area contributed by atoms with Crippen molar-refractivity contribution >= 4 is 17.5 Å². The molecule has 0 saturated carbocycles. The maximum atomic E-state index is 12.6. The van der Waals surface area contributed by atoms with Crippen LogP contribution in [0.2, 0.25) is 0 Å². The van der Waals surface area contributed by atoms with Crippen LogP contribution in [0.25, 0.3) is 0 Å². The smallest absolute Gasteiger partial charge is 0.225 e. The van der Waals surface area contributed by atoms with Crippen LogP contribution >= 0.6 is 0 Å². The third kappa shape index (κ3) is 4.43. The number of nitrogens with one attached hydrogen (secondary N) is 1. The molecule has 1 aliphatic rings. The summed E-state index contributed by atoms with van der Waals surface area (Å²) in [7, 11) is 3.90. The molecule has 132 valence electrons. The van der Waals surface area contributed by atoms with E-state index in [-0.39, 0.29) is 11.8 Å². The zero-order chi connectivity index (χ0) is 17.6. The van der Waals surface area contributed by atoms with Crippen LogP contribution in [-0.2, 0) is 11.3 Å². The molecular formula is C18H24N6O. The Labute approximate surface area is 148 Å². The van der Waals surface area contributed by atoms with E-state index >= 15 is 0 Å². The molecule has 2 aromatic rings. The van der Waals surface area contributed by atoms with Crippen LogP contribution < -0.4 is 15.1 Å². The molecule has 1 saturated heterocycles. The highest BCUT2D eigenvalue weighted by Gasteiger charge is 2.26. The zero-order valence-electron chi connectivity index (χ0n) is 14.7. The zero-order valence-corrected chi connectivity index (χ0v) is 14.7. The lowest BCUT2D eigenvalue weighted by molar-refractivity contribution is -0.125. The minimum Gasteiger partial charge on any atom is -0.363 e. The monoisotopic (exact) mass is 340 g/mol. The van der Waals surface area contributed by atoms with Crippen LogP contribution in [0.5, 0.6) is 0 Å². The highest BCUT2D eigenvalue weighted by atomic mass is 16.1. The molecule has 1 unspecified atom stereocenters. The van der Waals surface area contributed by atoms with Crippen LogP contribution in [0, 0.1) is 5.92 Å². The maximum absolute atomic E-state index is 12.6. The summed E-state index contributed by atoms with van der Waals surface area (Å²) in [5, 5.41) is 3.02. The normalized spacial score (nSPS) is 17.2. The Morgan fingerprint density at radius 3 is 3.00 bits per heavy atom. The summed E-state index contributed by atoms with van der Waals surface area (Å²) in [6.07, 6.45) is 6.96. The molecule has 0 aromatic carbocycles. The number of hydrogen-bond donors (Lipinski definition) is 1. The van der Waals surface area contributed by atoms with Crippen LogP contribution in [0.3, 0.4) is 0 Å². The molecule has 25 heavy (non-hydrogen) atoms. The molecule has 1 amide bonds. The molecule has 1 fully saturated rings. The Kier molecular flexibility index (Phi) is 5.42. The van der Waals surface area contributed by atoms with E-state index in [4.69, 9.17) is 0 Å². The number of rotatable bonds is 5. The number of carbonyl (C=O) groups is 1. The molecule has 0 aliphatic carbocycles. The van der Waals surface area contributed by atoms with E-state index in [0.717, 1.165) is 36.7 Å². The number of pyridine rings is 1. The first-order valence-corrected chi connectivity index (χ1v) is 8.55. The van der Waals surface area contributed by atoms with Crippen molar-refractivity contribution < 1.29 is 4.79 Å².